The summed E-state index contributed by atoms with van der Waals surface area (Å²) >= 11 is 0. The van der Waals surface area contributed by atoms with Crippen LogP contribution in [0.1, 0.15) is 27.7 Å². The number of aliphatic imine (C=N–C) groups is 2. The Balaban J connectivity index is 1.97. The SMILES string of the molecule is CC(C)[C@H]1COC([B-](C2=N[C@@H](C(C)C)CO2)(c2ccccc2)c2ccccc2)=N1. The molecular formula is C24H30BN2O2-. The zero-order valence-corrected chi connectivity index (χ0v) is 17.8. The van der Waals surface area contributed by atoms with Gasteiger partial charge in [0.25, 0.3) is 0 Å². The molecule has 2 atom stereocenters. The van der Waals surface area contributed by atoms with Gasteiger partial charge in [0.1, 0.15) is 13.2 Å². The van der Waals surface area contributed by atoms with Crippen LogP contribution in [-0.4, -0.2) is 43.0 Å². The van der Waals surface area contributed by atoms with E-state index < -0.39 is 6.15 Å². The minimum atomic E-state index is -1.68. The van der Waals surface area contributed by atoms with Gasteiger partial charge in [-0.25, -0.2) is 0 Å². The van der Waals surface area contributed by atoms with Crippen LogP contribution in [-0.2, 0) is 9.47 Å². The number of nitrogens with zero attached hydrogens (tertiary/aromatic N) is 2. The van der Waals surface area contributed by atoms with Gasteiger partial charge in [-0.3, -0.25) is 9.98 Å². The van der Waals surface area contributed by atoms with Gasteiger partial charge in [-0.15, -0.1) is 0 Å². The smallest absolute Gasteiger partial charge is 0.230 e. The predicted molar refractivity (Wildman–Crippen MR) is 122 cm³/mol. The van der Waals surface area contributed by atoms with E-state index >= 15 is 0 Å². The molecule has 0 amide bonds. The first kappa shape index (κ1) is 19.7. The summed E-state index contributed by atoms with van der Waals surface area (Å²) in [6, 6.07) is 21.3. The molecule has 2 aromatic rings. The third kappa shape index (κ3) is 3.47. The molecule has 0 N–H and O–H groups in total. The van der Waals surface area contributed by atoms with Crippen molar-refractivity contribution in [2.24, 2.45) is 21.8 Å². The molecule has 0 spiro atoms. The summed E-state index contributed by atoms with van der Waals surface area (Å²) in [5, 5.41) is 0. The summed E-state index contributed by atoms with van der Waals surface area (Å²) in [7, 11) is 0. The first-order chi connectivity index (χ1) is 14.0. The summed E-state index contributed by atoms with van der Waals surface area (Å²) < 4.78 is 12.7. The molecule has 0 saturated carbocycles. The standard InChI is InChI=1S/C24H30BN2O2/c1-17(2)21-15-28-23(26-21)25(19-11-7-5-8-12-19,20-13-9-6-10-14-20)24-27-22(16-29-24)18(3)4/h5-14,17-18,21-22H,15-16H2,1-4H3/q-1/t21-,22-/m1/s1. The van der Waals surface area contributed by atoms with Crippen molar-refractivity contribution in [1.82, 2.24) is 0 Å². The van der Waals surface area contributed by atoms with Gasteiger partial charge in [0, 0.05) is 11.6 Å². The quantitative estimate of drug-likeness (QED) is 0.712. The Bertz CT molecular complexity index is 818. The van der Waals surface area contributed by atoms with Crippen LogP contribution in [0, 0.1) is 11.8 Å². The first-order valence-corrected chi connectivity index (χ1v) is 10.7. The summed E-state index contributed by atoms with van der Waals surface area (Å²) in [5.41, 5.74) is 2.26. The lowest BCUT2D eigenvalue weighted by Crippen LogP contribution is -2.70. The highest BCUT2D eigenvalue weighted by Crippen LogP contribution is 2.25. The third-order valence-corrected chi connectivity index (χ3v) is 6.27. The van der Waals surface area contributed by atoms with E-state index in [0.717, 1.165) is 22.5 Å². The summed E-state index contributed by atoms with van der Waals surface area (Å²) in [4.78, 5) is 10.2. The lowest BCUT2D eigenvalue weighted by molar-refractivity contribution is 0.291. The van der Waals surface area contributed by atoms with Crippen molar-refractivity contribution in [3.8, 4) is 0 Å². The number of hydrogen-bond donors (Lipinski definition) is 0. The van der Waals surface area contributed by atoms with Gasteiger partial charge in [-0.1, -0.05) is 88.4 Å². The molecule has 2 aliphatic heterocycles. The van der Waals surface area contributed by atoms with Crippen molar-refractivity contribution >= 4 is 28.7 Å². The highest BCUT2D eigenvalue weighted by Gasteiger charge is 2.46. The van der Waals surface area contributed by atoms with E-state index in [1.807, 2.05) is 12.1 Å². The maximum Gasteiger partial charge on any atom is 0.230 e. The number of rotatable bonds is 6. The molecule has 29 heavy (non-hydrogen) atoms. The maximum atomic E-state index is 6.33. The van der Waals surface area contributed by atoms with E-state index in [4.69, 9.17) is 19.5 Å². The average Bonchev–Trinajstić information content (AvgIpc) is 3.41. The molecule has 4 nitrogen and oxygen atoms in total. The Hall–Kier alpha value is -2.56. The molecule has 0 aromatic heterocycles. The van der Waals surface area contributed by atoms with E-state index in [9.17, 15) is 0 Å². The topological polar surface area (TPSA) is 43.2 Å². The van der Waals surface area contributed by atoms with Gasteiger partial charge in [-0.2, -0.15) is 10.9 Å². The van der Waals surface area contributed by atoms with Crippen molar-refractivity contribution in [3.63, 3.8) is 0 Å². The normalized spacial score (nSPS) is 21.7. The summed E-state index contributed by atoms with van der Waals surface area (Å²) in [5.74, 6) is 2.35. The van der Waals surface area contributed by atoms with Crippen LogP contribution in [0.3, 0.4) is 0 Å². The largest absolute Gasteiger partial charge is 0.518 e. The first-order valence-electron chi connectivity index (χ1n) is 10.7. The molecule has 0 radical (unpaired) electrons. The number of hydrogen-bond acceptors (Lipinski definition) is 4. The van der Waals surface area contributed by atoms with Crippen molar-refractivity contribution in [2.45, 2.75) is 39.8 Å². The maximum absolute atomic E-state index is 6.33. The van der Waals surface area contributed by atoms with Crippen molar-refractivity contribution in [3.05, 3.63) is 60.7 Å². The summed E-state index contributed by atoms with van der Waals surface area (Å²) in [6.07, 6.45) is -1.68. The van der Waals surface area contributed by atoms with E-state index in [1.54, 1.807) is 0 Å². The van der Waals surface area contributed by atoms with Gasteiger partial charge in [0.2, 0.25) is 6.15 Å². The second-order valence-corrected chi connectivity index (χ2v) is 8.87. The van der Waals surface area contributed by atoms with E-state index in [2.05, 4.69) is 76.2 Å². The molecule has 5 heteroatoms. The Morgan fingerprint density at radius 2 is 1.07 bits per heavy atom. The van der Waals surface area contributed by atoms with Crippen LogP contribution in [0.25, 0.3) is 0 Å². The number of ether oxygens (including phenoxy) is 2. The predicted octanol–water partition coefficient (Wildman–Crippen LogP) is 3.23. The summed E-state index contributed by atoms with van der Waals surface area (Å²) in [6.45, 7) is 9.99. The van der Waals surface area contributed by atoms with Crippen LogP contribution in [0.2, 0.25) is 0 Å². The molecule has 0 fully saturated rings. The second-order valence-electron chi connectivity index (χ2n) is 8.87. The Kier molecular flexibility index (Phi) is 5.49. The van der Waals surface area contributed by atoms with Gasteiger partial charge in [-0.05, 0) is 11.8 Å². The van der Waals surface area contributed by atoms with Crippen LogP contribution >= 0.6 is 0 Å². The average molecular weight is 389 g/mol. The van der Waals surface area contributed by atoms with Crippen LogP contribution in [0.15, 0.2) is 70.6 Å². The van der Waals surface area contributed by atoms with E-state index in [-0.39, 0.29) is 12.1 Å². The minimum Gasteiger partial charge on any atom is -0.518 e. The van der Waals surface area contributed by atoms with Crippen LogP contribution in [0.4, 0.5) is 0 Å². The van der Waals surface area contributed by atoms with Gasteiger partial charge >= 0.3 is 0 Å². The zero-order chi connectivity index (χ0) is 20.4. The lowest BCUT2D eigenvalue weighted by atomic mass is 9.17. The Morgan fingerprint density at radius 3 is 1.38 bits per heavy atom. The molecule has 2 heterocycles. The molecular weight excluding hydrogens is 359 g/mol. The van der Waals surface area contributed by atoms with Crippen LogP contribution < -0.4 is 10.9 Å². The molecule has 2 aromatic carbocycles. The highest BCUT2D eigenvalue weighted by atomic mass is 16.5. The molecule has 0 bridgehead atoms. The van der Waals surface area contributed by atoms with E-state index in [0.29, 0.717) is 25.0 Å². The molecule has 0 aliphatic carbocycles. The molecule has 0 unspecified atom stereocenters. The van der Waals surface area contributed by atoms with Crippen molar-refractivity contribution in [1.29, 1.82) is 0 Å². The van der Waals surface area contributed by atoms with Gasteiger partial charge in [0.05, 0.1) is 12.1 Å². The number of benzene rings is 2. The minimum absolute atomic E-state index is 0.154. The van der Waals surface area contributed by atoms with Crippen molar-refractivity contribution in [2.75, 3.05) is 13.2 Å². The van der Waals surface area contributed by atoms with Gasteiger partial charge in [0.15, 0.2) is 0 Å². The molecule has 2 aliphatic rings. The lowest BCUT2D eigenvalue weighted by Gasteiger charge is -2.40. The fraction of sp³-hybridized carbons (Fsp3) is 0.417. The Labute approximate surface area is 174 Å². The highest BCUT2D eigenvalue weighted by molar-refractivity contribution is 7.38. The van der Waals surface area contributed by atoms with Gasteiger partial charge < -0.3 is 9.47 Å². The fourth-order valence-corrected chi connectivity index (χ4v) is 4.33. The monoisotopic (exact) mass is 389 g/mol. The Morgan fingerprint density at radius 1 is 0.690 bits per heavy atom. The van der Waals surface area contributed by atoms with Crippen molar-refractivity contribution < 1.29 is 9.47 Å². The van der Waals surface area contributed by atoms with E-state index in [1.165, 1.54) is 0 Å². The van der Waals surface area contributed by atoms with Crippen LogP contribution in [0.5, 0.6) is 0 Å². The molecule has 0 saturated heterocycles. The second kappa shape index (κ2) is 8.06. The zero-order valence-electron chi connectivity index (χ0n) is 17.8. The fourth-order valence-electron chi connectivity index (χ4n) is 4.33. The third-order valence-electron chi connectivity index (χ3n) is 6.27. The molecule has 4 rings (SSSR count). The molecule has 152 valence electrons.